The SMILES string of the molecule is C=C(CC(OC(=O)CCC(C)C)C(C)CCCC)N(CC=O)c1ccc#cc1C. The van der Waals surface area contributed by atoms with Crippen LogP contribution in [0.15, 0.2) is 24.4 Å². The van der Waals surface area contributed by atoms with Crippen molar-refractivity contribution in [2.45, 2.75) is 79.2 Å². The highest BCUT2D eigenvalue weighted by atomic mass is 16.5. The number of carbonyl (C=O) groups is 2. The minimum absolute atomic E-state index is 0.152. The molecule has 0 radical (unpaired) electrons. The number of carbonyl (C=O) groups excluding carboxylic acids is 2. The van der Waals surface area contributed by atoms with Crippen molar-refractivity contribution in [3.63, 3.8) is 0 Å². The molecule has 1 aromatic carbocycles. The van der Waals surface area contributed by atoms with Crippen LogP contribution in [0.3, 0.4) is 0 Å². The molecule has 2 atom stereocenters. The quantitative estimate of drug-likeness (QED) is 0.298. The van der Waals surface area contributed by atoms with Crippen LogP contribution in [0.2, 0.25) is 0 Å². The average molecular weight is 400 g/mol. The summed E-state index contributed by atoms with van der Waals surface area (Å²) in [5, 5.41) is 0. The van der Waals surface area contributed by atoms with Crippen molar-refractivity contribution in [3.05, 3.63) is 42.1 Å². The van der Waals surface area contributed by atoms with Crippen molar-refractivity contribution in [2.75, 3.05) is 11.4 Å². The Morgan fingerprint density at radius 2 is 2.03 bits per heavy atom. The zero-order chi connectivity index (χ0) is 21.8. The number of nitrogens with zero attached hydrogens (tertiary/aromatic N) is 1. The summed E-state index contributed by atoms with van der Waals surface area (Å²) in [7, 11) is 0. The van der Waals surface area contributed by atoms with E-state index >= 15 is 0 Å². The van der Waals surface area contributed by atoms with Crippen LogP contribution in [0.5, 0.6) is 0 Å². The topological polar surface area (TPSA) is 46.6 Å². The lowest BCUT2D eigenvalue weighted by atomic mass is 9.94. The third-order valence-corrected chi connectivity index (χ3v) is 5.19. The van der Waals surface area contributed by atoms with Crippen LogP contribution in [0.25, 0.3) is 0 Å². The molecule has 0 aliphatic rings. The Balaban J connectivity index is 2.95. The van der Waals surface area contributed by atoms with Crippen LogP contribution in [0, 0.1) is 30.9 Å². The van der Waals surface area contributed by atoms with Gasteiger partial charge in [-0.3, -0.25) is 4.79 Å². The number of hydrogen-bond acceptors (Lipinski definition) is 4. The lowest BCUT2D eigenvalue weighted by Gasteiger charge is -2.31. The first-order valence-corrected chi connectivity index (χ1v) is 10.8. The van der Waals surface area contributed by atoms with Crippen LogP contribution in [0.4, 0.5) is 5.69 Å². The van der Waals surface area contributed by atoms with Gasteiger partial charge < -0.3 is 14.4 Å². The number of hydrogen-bond donors (Lipinski definition) is 0. The van der Waals surface area contributed by atoms with Crippen LogP contribution in [0.1, 0.15) is 71.8 Å². The van der Waals surface area contributed by atoms with Crippen molar-refractivity contribution in [1.29, 1.82) is 0 Å². The molecule has 0 bridgehead atoms. The Bertz CT molecular complexity index is 653. The second-order valence-electron chi connectivity index (χ2n) is 8.24. The van der Waals surface area contributed by atoms with Crippen LogP contribution >= 0.6 is 0 Å². The normalized spacial score (nSPS) is 12.8. The third-order valence-electron chi connectivity index (χ3n) is 5.19. The van der Waals surface area contributed by atoms with Gasteiger partial charge in [0.2, 0.25) is 0 Å². The highest BCUT2D eigenvalue weighted by Crippen LogP contribution is 2.27. The van der Waals surface area contributed by atoms with Gasteiger partial charge in [0.1, 0.15) is 12.4 Å². The highest BCUT2D eigenvalue weighted by molar-refractivity contribution is 5.70. The molecule has 0 spiro atoms. The molecule has 0 N–H and O–H groups in total. The monoisotopic (exact) mass is 399 g/mol. The summed E-state index contributed by atoms with van der Waals surface area (Å²) in [6.45, 7) is 14.9. The van der Waals surface area contributed by atoms with Crippen LogP contribution in [-0.4, -0.2) is 24.9 Å². The van der Waals surface area contributed by atoms with Gasteiger partial charge in [-0.05, 0) is 43.7 Å². The molecule has 0 fully saturated rings. The minimum atomic E-state index is -0.248. The fourth-order valence-electron chi connectivity index (χ4n) is 3.27. The van der Waals surface area contributed by atoms with E-state index in [-0.39, 0.29) is 24.5 Å². The number of unbranched alkanes of at least 4 members (excludes halogenated alkanes) is 1. The van der Waals surface area contributed by atoms with Crippen LogP contribution < -0.4 is 4.90 Å². The van der Waals surface area contributed by atoms with Gasteiger partial charge in [0, 0.05) is 24.1 Å². The summed E-state index contributed by atoms with van der Waals surface area (Å²) in [5.41, 5.74) is 2.55. The van der Waals surface area contributed by atoms with E-state index in [1.165, 1.54) is 0 Å². The Labute approximate surface area is 177 Å². The maximum Gasteiger partial charge on any atom is 0.306 e. The molecule has 0 saturated carbocycles. The largest absolute Gasteiger partial charge is 0.462 e. The van der Waals surface area contributed by atoms with Gasteiger partial charge in [-0.25, -0.2) is 0 Å². The first kappa shape index (κ1) is 24.8. The zero-order valence-corrected chi connectivity index (χ0v) is 18.8. The molecule has 2 unspecified atom stereocenters. The number of ether oxygens (including phenoxy) is 1. The third kappa shape index (κ3) is 8.73. The van der Waals surface area contributed by atoms with Gasteiger partial charge in [0.25, 0.3) is 0 Å². The predicted molar refractivity (Wildman–Crippen MR) is 119 cm³/mol. The molecule has 1 rings (SSSR count). The Hall–Kier alpha value is -2.28. The summed E-state index contributed by atoms with van der Waals surface area (Å²) in [6.07, 6.45) is 5.56. The van der Waals surface area contributed by atoms with Crippen molar-refractivity contribution < 1.29 is 14.3 Å². The molecule has 0 aromatic heterocycles. The van der Waals surface area contributed by atoms with E-state index in [2.05, 4.69) is 46.4 Å². The second kappa shape index (κ2) is 13.0. The van der Waals surface area contributed by atoms with E-state index in [4.69, 9.17) is 4.74 Å². The lowest BCUT2D eigenvalue weighted by Crippen LogP contribution is -2.32. The van der Waals surface area contributed by atoms with E-state index in [0.29, 0.717) is 18.8 Å². The van der Waals surface area contributed by atoms with Crippen LogP contribution in [-0.2, 0) is 14.3 Å². The first-order valence-electron chi connectivity index (χ1n) is 10.8. The molecule has 0 heterocycles. The molecule has 160 valence electrons. The fourth-order valence-corrected chi connectivity index (χ4v) is 3.27. The molecule has 1 aromatic rings. The number of esters is 1. The van der Waals surface area contributed by atoms with E-state index < -0.39 is 0 Å². The summed E-state index contributed by atoms with van der Waals surface area (Å²) in [4.78, 5) is 25.6. The summed E-state index contributed by atoms with van der Waals surface area (Å²) in [5.74, 6) is 0.538. The van der Waals surface area contributed by atoms with Gasteiger partial charge in [-0.15, -0.1) is 0 Å². The average Bonchev–Trinajstić information content (AvgIpc) is 2.68. The smallest absolute Gasteiger partial charge is 0.306 e. The van der Waals surface area contributed by atoms with Gasteiger partial charge >= 0.3 is 5.97 Å². The Morgan fingerprint density at radius 3 is 2.62 bits per heavy atom. The van der Waals surface area contributed by atoms with Gasteiger partial charge in [0.05, 0.1) is 12.2 Å². The Kier molecular flexibility index (Phi) is 11.1. The van der Waals surface area contributed by atoms with Gasteiger partial charge in [0.15, 0.2) is 0 Å². The summed E-state index contributed by atoms with van der Waals surface area (Å²) in [6, 6.07) is 9.66. The standard InChI is InChI=1S/C25H37NO3/c1-7-8-11-21(5)24(29-25(28)15-14-19(2)3)18-22(6)26(16-17-27)23-13-10-9-12-20(23)4/h10,13,17,19,21,24H,6-8,11,14-16,18H2,1-5H3. The molecule has 0 saturated heterocycles. The minimum Gasteiger partial charge on any atom is -0.462 e. The van der Waals surface area contributed by atoms with E-state index in [1.807, 2.05) is 17.9 Å². The molecule has 0 amide bonds. The van der Waals surface area contributed by atoms with Gasteiger partial charge in [-0.1, -0.05) is 59.2 Å². The van der Waals surface area contributed by atoms with Gasteiger partial charge in [-0.2, -0.15) is 0 Å². The second-order valence-corrected chi connectivity index (χ2v) is 8.24. The molecule has 0 aliphatic heterocycles. The highest BCUT2D eigenvalue weighted by Gasteiger charge is 2.25. The maximum absolute atomic E-state index is 12.4. The molecular formula is C25H37NO3. The summed E-state index contributed by atoms with van der Waals surface area (Å²) < 4.78 is 5.90. The summed E-state index contributed by atoms with van der Waals surface area (Å²) >= 11 is 0. The lowest BCUT2D eigenvalue weighted by molar-refractivity contribution is -0.152. The first-order chi connectivity index (χ1) is 13.8. The maximum atomic E-state index is 12.4. The number of aldehydes is 1. The van der Waals surface area contributed by atoms with Crippen molar-refractivity contribution in [2.24, 2.45) is 11.8 Å². The predicted octanol–water partition coefficient (Wildman–Crippen LogP) is 5.68. The van der Waals surface area contributed by atoms with Crippen molar-refractivity contribution >= 4 is 17.9 Å². The molecule has 29 heavy (non-hydrogen) atoms. The molecule has 0 aliphatic carbocycles. The Morgan fingerprint density at radius 1 is 1.31 bits per heavy atom. The van der Waals surface area contributed by atoms with Crippen molar-refractivity contribution in [1.82, 2.24) is 0 Å². The zero-order valence-electron chi connectivity index (χ0n) is 18.8. The number of anilines is 1. The van der Waals surface area contributed by atoms with E-state index in [0.717, 1.165) is 48.9 Å². The van der Waals surface area contributed by atoms with Crippen molar-refractivity contribution in [3.8, 4) is 0 Å². The molecular weight excluding hydrogens is 362 g/mol. The molecule has 4 heteroatoms. The number of rotatable bonds is 14. The molecule has 4 nitrogen and oxygen atoms in total. The van der Waals surface area contributed by atoms with E-state index in [9.17, 15) is 9.59 Å². The fraction of sp³-hybridized carbons (Fsp3) is 0.600. The van der Waals surface area contributed by atoms with E-state index in [1.54, 1.807) is 6.07 Å².